The molecule has 1 amide bonds. The molecular formula is C20H23NO3. The molecule has 0 aliphatic carbocycles. The van der Waals surface area contributed by atoms with Gasteiger partial charge < -0.3 is 14.8 Å². The van der Waals surface area contributed by atoms with Crippen LogP contribution in [0.5, 0.6) is 11.5 Å². The number of hydrogen-bond acceptors (Lipinski definition) is 3. The number of hydrogen-bond donors (Lipinski definition) is 1. The second-order valence-electron chi connectivity index (χ2n) is 5.50. The van der Waals surface area contributed by atoms with Gasteiger partial charge in [-0.05, 0) is 35.8 Å². The van der Waals surface area contributed by atoms with Gasteiger partial charge >= 0.3 is 0 Å². The average Bonchev–Trinajstić information content (AvgIpc) is 2.64. The Kier molecular flexibility index (Phi) is 6.43. The summed E-state index contributed by atoms with van der Waals surface area (Å²) in [4.78, 5) is 12.0. The Labute approximate surface area is 143 Å². The number of carbonyl (C=O) groups is 1. The van der Waals surface area contributed by atoms with Gasteiger partial charge in [-0.25, -0.2) is 0 Å². The quantitative estimate of drug-likeness (QED) is 0.791. The van der Waals surface area contributed by atoms with Crippen LogP contribution in [0.4, 0.5) is 0 Å². The third kappa shape index (κ3) is 4.88. The van der Waals surface area contributed by atoms with Crippen LogP contribution in [0.1, 0.15) is 24.0 Å². The molecule has 4 heteroatoms. The maximum atomic E-state index is 12.0. The molecule has 0 aliphatic rings. The van der Waals surface area contributed by atoms with E-state index >= 15 is 0 Å². The third-order valence-corrected chi connectivity index (χ3v) is 3.80. The van der Waals surface area contributed by atoms with Crippen molar-refractivity contribution < 1.29 is 14.3 Å². The summed E-state index contributed by atoms with van der Waals surface area (Å²) in [5, 5.41) is 2.92. The molecule has 0 saturated carbocycles. The van der Waals surface area contributed by atoms with Crippen molar-refractivity contribution in [3.63, 3.8) is 0 Å². The highest BCUT2D eigenvalue weighted by Gasteiger charge is 2.06. The normalized spacial score (nSPS) is 12.0. The van der Waals surface area contributed by atoms with Crippen molar-refractivity contribution in [2.24, 2.45) is 0 Å². The summed E-state index contributed by atoms with van der Waals surface area (Å²) >= 11 is 0. The highest BCUT2D eigenvalue weighted by Crippen LogP contribution is 2.25. The molecule has 0 radical (unpaired) electrons. The van der Waals surface area contributed by atoms with Crippen LogP contribution in [0, 0.1) is 0 Å². The Hall–Kier alpha value is -2.75. The molecule has 1 unspecified atom stereocenters. The Morgan fingerprint density at radius 2 is 1.88 bits per heavy atom. The summed E-state index contributed by atoms with van der Waals surface area (Å²) in [7, 11) is 3.20. The van der Waals surface area contributed by atoms with Crippen LogP contribution in [0.3, 0.4) is 0 Å². The highest BCUT2D eigenvalue weighted by atomic mass is 16.5. The van der Waals surface area contributed by atoms with Crippen molar-refractivity contribution in [2.45, 2.75) is 12.8 Å². The molecule has 0 aromatic heterocycles. The maximum Gasteiger partial charge on any atom is 0.244 e. The number of benzene rings is 2. The standard InChI is InChI=1S/C20H23NO3/c1-15(16-7-5-4-6-8-16)14-21-20(22)12-9-17-13-18(23-2)10-11-19(17)24-3/h4-13,15H,14H2,1-3H3,(H,21,22)/b12-9+. The molecule has 1 atom stereocenters. The SMILES string of the molecule is COc1ccc(OC)c(/C=C/C(=O)NCC(C)c2ccccc2)c1. The second kappa shape index (κ2) is 8.77. The molecule has 0 heterocycles. The van der Waals surface area contributed by atoms with E-state index in [2.05, 4.69) is 24.4 Å². The Balaban J connectivity index is 1.96. The monoisotopic (exact) mass is 325 g/mol. The van der Waals surface area contributed by atoms with E-state index in [4.69, 9.17) is 9.47 Å². The van der Waals surface area contributed by atoms with Gasteiger partial charge in [0.15, 0.2) is 0 Å². The van der Waals surface area contributed by atoms with E-state index in [0.717, 1.165) is 5.56 Å². The lowest BCUT2D eigenvalue weighted by Gasteiger charge is -2.12. The van der Waals surface area contributed by atoms with Gasteiger partial charge in [-0.1, -0.05) is 37.3 Å². The van der Waals surface area contributed by atoms with E-state index in [1.807, 2.05) is 36.4 Å². The average molecular weight is 325 g/mol. The molecule has 2 aromatic carbocycles. The third-order valence-electron chi connectivity index (χ3n) is 3.80. The van der Waals surface area contributed by atoms with Crippen molar-refractivity contribution >= 4 is 12.0 Å². The van der Waals surface area contributed by atoms with E-state index in [1.165, 1.54) is 11.6 Å². The summed E-state index contributed by atoms with van der Waals surface area (Å²) in [5.74, 6) is 1.53. The zero-order valence-electron chi connectivity index (χ0n) is 14.3. The predicted octanol–water partition coefficient (Wildman–Crippen LogP) is 3.64. The Bertz CT molecular complexity index is 695. The molecule has 4 nitrogen and oxygen atoms in total. The smallest absolute Gasteiger partial charge is 0.244 e. The van der Waals surface area contributed by atoms with Gasteiger partial charge in [0.25, 0.3) is 0 Å². The lowest BCUT2D eigenvalue weighted by molar-refractivity contribution is -0.116. The number of amides is 1. The van der Waals surface area contributed by atoms with Crippen LogP contribution in [0.25, 0.3) is 6.08 Å². The van der Waals surface area contributed by atoms with Crippen LogP contribution in [-0.2, 0) is 4.79 Å². The number of ether oxygens (including phenoxy) is 2. The lowest BCUT2D eigenvalue weighted by atomic mass is 10.0. The van der Waals surface area contributed by atoms with Gasteiger partial charge in [0.2, 0.25) is 5.91 Å². The molecule has 0 fully saturated rings. The molecule has 1 N–H and O–H groups in total. The van der Waals surface area contributed by atoms with E-state index < -0.39 is 0 Å². The fraction of sp³-hybridized carbons (Fsp3) is 0.250. The molecule has 126 valence electrons. The number of carbonyl (C=O) groups excluding carboxylic acids is 1. The number of rotatable bonds is 7. The van der Waals surface area contributed by atoms with Crippen LogP contribution in [0.2, 0.25) is 0 Å². The van der Waals surface area contributed by atoms with Gasteiger partial charge in [-0.2, -0.15) is 0 Å². The van der Waals surface area contributed by atoms with Crippen LogP contribution >= 0.6 is 0 Å². The highest BCUT2D eigenvalue weighted by molar-refractivity contribution is 5.92. The minimum Gasteiger partial charge on any atom is -0.497 e. The molecule has 0 saturated heterocycles. The van der Waals surface area contributed by atoms with Crippen LogP contribution in [0.15, 0.2) is 54.6 Å². The summed E-state index contributed by atoms with van der Waals surface area (Å²) in [6.07, 6.45) is 3.23. The molecule has 0 bridgehead atoms. The summed E-state index contributed by atoms with van der Waals surface area (Å²) in [6, 6.07) is 15.6. The first-order chi connectivity index (χ1) is 11.6. The minimum atomic E-state index is -0.136. The summed E-state index contributed by atoms with van der Waals surface area (Å²) < 4.78 is 10.5. The molecule has 0 aliphatic heterocycles. The van der Waals surface area contributed by atoms with Crippen molar-refractivity contribution in [1.29, 1.82) is 0 Å². The van der Waals surface area contributed by atoms with E-state index in [0.29, 0.717) is 18.0 Å². The van der Waals surface area contributed by atoms with Gasteiger partial charge in [0, 0.05) is 18.2 Å². The molecule has 0 spiro atoms. The van der Waals surface area contributed by atoms with E-state index in [9.17, 15) is 4.79 Å². The first kappa shape index (κ1) is 17.6. The topological polar surface area (TPSA) is 47.6 Å². The predicted molar refractivity (Wildman–Crippen MR) is 96.4 cm³/mol. The van der Waals surface area contributed by atoms with Crippen molar-refractivity contribution in [1.82, 2.24) is 5.32 Å². The fourth-order valence-electron chi connectivity index (χ4n) is 2.35. The molecular weight excluding hydrogens is 302 g/mol. The Morgan fingerprint density at radius 3 is 2.54 bits per heavy atom. The lowest BCUT2D eigenvalue weighted by Crippen LogP contribution is -2.25. The second-order valence-corrected chi connectivity index (χ2v) is 5.50. The van der Waals surface area contributed by atoms with Gasteiger partial charge in [-0.3, -0.25) is 4.79 Å². The zero-order valence-corrected chi connectivity index (χ0v) is 14.3. The zero-order chi connectivity index (χ0) is 17.4. The maximum absolute atomic E-state index is 12.0. The van der Waals surface area contributed by atoms with Crippen LogP contribution in [-0.4, -0.2) is 26.7 Å². The van der Waals surface area contributed by atoms with Crippen molar-refractivity contribution in [2.75, 3.05) is 20.8 Å². The summed E-state index contributed by atoms with van der Waals surface area (Å²) in [5.41, 5.74) is 2.00. The van der Waals surface area contributed by atoms with Gasteiger partial charge in [0.05, 0.1) is 14.2 Å². The van der Waals surface area contributed by atoms with Crippen LogP contribution < -0.4 is 14.8 Å². The fourth-order valence-corrected chi connectivity index (χ4v) is 2.35. The number of methoxy groups -OCH3 is 2. The molecule has 2 aromatic rings. The largest absolute Gasteiger partial charge is 0.497 e. The first-order valence-corrected chi connectivity index (χ1v) is 7.87. The van der Waals surface area contributed by atoms with Crippen molar-refractivity contribution in [3.05, 3.63) is 65.7 Å². The number of nitrogens with one attached hydrogen (secondary N) is 1. The van der Waals surface area contributed by atoms with Crippen molar-refractivity contribution in [3.8, 4) is 11.5 Å². The van der Waals surface area contributed by atoms with Gasteiger partial charge in [0.1, 0.15) is 11.5 Å². The first-order valence-electron chi connectivity index (χ1n) is 7.87. The van der Waals surface area contributed by atoms with Gasteiger partial charge in [-0.15, -0.1) is 0 Å². The Morgan fingerprint density at radius 1 is 1.12 bits per heavy atom. The molecule has 24 heavy (non-hydrogen) atoms. The molecule has 2 rings (SSSR count). The van der Waals surface area contributed by atoms with E-state index in [1.54, 1.807) is 20.3 Å². The minimum absolute atomic E-state index is 0.136. The summed E-state index contributed by atoms with van der Waals surface area (Å²) in [6.45, 7) is 2.67. The van der Waals surface area contributed by atoms with E-state index in [-0.39, 0.29) is 11.8 Å².